The fraction of sp³-hybridized carbons (Fsp3) is 0.444. The number of nitrogens with zero attached hydrogens (tertiary/aromatic N) is 3. The number of likely N-dealkylation sites (N-methyl/N-ethyl adjacent to an activating group) is 1. The summed E-state index contributed by atoms with van der Waals surface area (Å²) in [6.45, 7) is 5.35. The molecule has 1 fully saturated rings. The molecule has 196 valence electrons. The van der Waals surface area contributed by atoms with E-state index < -0.39 is 11.9 Å². The molecule has 0 amide bonds. The second-order valence-corrected chi connectivity index (χ2v) is 9.16. The number of aliphatic carboxylic acids is 2. The van der Waals surface area contributed by atoms with E-state index in [1.165, 1.54) is 42.5 Å². The third-order valence-electron chi connectivity index (χ3n) is 6.59. The molecule has 2 aliphatic rings. The van der Waals surface area contributed by atoms with Gasteiger partial charge in [0, 0.05) is 43.5 Å². The monoisotopic (exact) mass is 501 g/mol. The molecule has 1 aliphatic heterocycles. The Morgan fingerprint density at radius 2 is 1.61 bits per heavy atom. The van der Waals surface area contributed by atoms with E-state index in [1.54, 1.807) is 12.1 Å². The zero-order chi connectivity index (χ0) is 25.4. The van der Waals surface area contributed by atoms with Crippen LogP contribution in [0, 0.1) is 5.82 Å². The van der Waals surface area contributed by atoms with Gasteiger partial charge in [0.25, 0.3) is 0 Å². The largest absolute Gasteiger partial charge is 0.478 e. The molecule has 2 heterocycles. The van der Waals surface area contributed by atoms with Crippen molar-refractivity contribution in [1.29, 1.82) is 0 Å². The van der Waals surface area contributed by atoms with Crippen LogP contribution in [0.2, 0.25) is 0 Å². The maximum atomic E-state index is 13.5. The molecule has 1 unspecified atom stereocenters. The summed E-state index contributed by atoms with van der Waals surface area (Å²) >= 11 is 0. The van der Waals surface area contributed by atoms with Gasteiger partial charge in [0.15, 0.2) is 0 Å². The standard InChI is InChI=1S/C23H30FN3.C4H4O4.H2O/c1-17-16-27(14-13-26(17)2)23-15-21(18-9-11-19(24)12-10-18)20-7-5-3-4-6-8-22(20)25-23;5-3(6)1-2-4(7)8;/h9-12,15,17H,3-8,13-14,16H2,1-2H3;1-2H,(H,5,6)(H,7,8);1H2/b;2-1+;. The lowest BCUT2D eigenvalue weighted by Crippen LogP contribution is -2.50. The number of anilines is 1. The molecule has 1 aromatic heterocycles. The second-order valence-electron chi connectivity index (χ2n) is 9.16. The number of benzene rings is 1. The summed E-state index contributed by atoms with van der Waals surface area (Å²) < 4.78 is 13.5. The van der Waals surface area contributed by atoms with E-state index >= 15 is 0 Å². The number of carboxylic acids is 2. The highest BCUT2D eigenvalue weighted by Gasteiger charge is 2.24. The molecular weight excluding hydrogens is 465 g/mol. The smallest absolute Gasteiger partial charge is 0.328 e. The van der Waals surface area contributed by atoms with Crippen LogP contribution in [0.25, 0.3) is 11.1 Å². The Morgan fingerprint density at radius 1 is 1.00 bits per heavy atom. The third-order valence-corrected chi connectivity index (χ3v) is 6.59. The number of hydrogen-bond donors (Lipinski definition) is 2. The molecule has 2 aromatic rings. The molecule has 1 saturated heterocycles. The summed E-state index contributed by atoms with van der Waals surface area (Å²) in [5, 5.41) is 15.6. The highest BCUT2D eigenvalue weighted by atomic mass is 19.1. The number of carbonyl (C=O) groups is 2. The van der Waals surface area contributed by atoms with E-state index in [4.69, 9.17) is 15.2 Å². The van der Waals surface area contributed by atoms with Gasteiger partial charge in [-0.15, -0.1) is 0 Å². The normalized spacial score (nSPS) is 18.2. The molecule has 1 atom stereocenters. The van der Waals surface area contributed by atoms with Gasteiger partial charge in [-0.05, 0) is 74.5 Å². The lowest BCUT2D eigenvalue weighted by Gasteiger charge is -2.38. The van der Waals surface area contributed by atoms with Gasteiger partial charge < -0.3 is 25.5 Å². The summed E-state index contributed by atoms with van der Waals surface area (Å²) in [7, 11) is 2.19. The summed E-state index contributed by atoms with van der Waals surface area (Å²) in [6, 6.07) is 9.76. The molecular formula is C27H36FN3O5. The number of hydrogen-bond acceptors (Lipinski definition) is 5. The van der Waals surface area contributed by atoms with Crippen LogP contribution >= 0.6 is 0 Å². The number of fused-ring (bicyclic) bond motifs is 1. The average Bonchev–Trinajstić information content (AvgIpc) is 2.80. The second kappa shape index (κ2) is 13.7. The summed E-state index contributed by atoms with van der Waals surface area (Å²) in [4.78, 5) is 29.1. The highest BCUT2D eigenvalue weighted by molar-refractivity contribution is 5.89. The molecule has 0 spiro atoms. The third kappa shape index (κ3) is 8.13. The number of aromatic nitrogens is 1. The Morgan fingerprint density at radius 3 is 2.19 bits per heavy atom. The van der Waals surface area contributed by atoms with E-state index in [9.17, 15) is 14.0 Å². The van der Waals surface area contributed by atoms with Crippen molar-refractivity contribution in [2.24, 2.45) is 0 Å². The lowest BCUT2D eigenvalue weighted by atomic mass is 9.90. The van der Waals surface area contributed by atoms with Crippen LogP contribution in [0.3, 0.4) is 0 Å². The van der Waals surface area contributed by atoms with Crippen LogP contribution in [0.4, 0.5) is 10.2 Å². The van der Waals surface area contributed by atoms with E-state index in [1.807, 2.05) is 12.1 Å². The number of pyridine rings is 1. The van der Waals surface area contributed by atoms with Crippen molar-refractivity contribution in [2.45, 2.75) is 51.5 Å². The molecule has 4 rings (SSSR count). The minimum Gasteiger partial charge on any atom is -0.478 e. The first kappa shape index (κ1) is 28.9. The molecule has 9 heteroatoms. The lowest BCUT2D eigenvalue weighted by molar-refractivity contribution is -0.134. The van der Waals surface area contributed by atoms with Gasteiger partial charge in [0.1, 0.15) is 11.6 Å². The number of halogens is 1. The average molecular weight is 502 g/mol. The van der Waals surface area contributed by atoms with Crippen molar-refractivity contribution in [3.8, 4) is 11.1 Å². The Kier molecular flexibility index (Phi) is 11.0. The van der Waals surface area contributed by atoms with Crippen LogP contribution < -0.4 is 4.90 Å². The fourth-order valence-corrected chi connectivity index (χ4v) is 4.49. The Bertz CT molecular complexity index is 1040. The van der Waals surface area contributed by atoms with Gasteiger partial charge in [0.05, 0.1) is 0 Å². The van der Waals surface area contributed by atoms with Crippen molar-refractivity contribution in [3.05, 3.63) is 59.6 Å². The van der Waals surface area contributed by atoms with Gasteiger partial charge in [-0.3, -0.25) is 0 Å². The first-order valence-electron chi connectivity index (χ1n) is 12.1. The maximum absolute atomic E-state index is 13.5. The molecule has 1 aliphatic carbocycles. The fourth-order valence-electron chi connectivity index (χ4n) is 4.49. The number of carboxylic acid groups (broad SMARTS) is 2. The molecule has 8 nitrogen and oxygen atoms in total. The summed E-state index contributed by atoms with van der Waals surface area (Å²) in [5.74, 6) is -1.60. The molecule has 0 bridgehead atoms. The van der Waals surface area contributed by atoms with Gasteiger partial charge in [-0.2, -0.15) is 0 Å². The van der Waals surface area contributed by atoms with E-state index in [0.29, 0.717) is 18.2 Å². The minimum atomic E-state index is -1.26. The van der Waals surface area contributed by atoms with Crippen molar-refractivity contribution >= 4 is 17.8 Å². The van der Waals surface area contributed by atoms with Crippen molar-refractivity contribution < 1.29 is 29.7 Å². The first-order valence-corrected chi connectivity index (χ1v) is 12.1. The van der Waals surface area contributed by atoms with Crippen molar-refractivity contribution in [3.63, 3.8) is 0 Å². The van der Waals surface area contributed by atoms with Crippen LogP contribution in [0.1, 0.15) is 43.9 Å². The van der Waals surface area contributed by atoms with Crippen molar-refractivity contribution in [1.82, 2.24) is 9.88 Å². The maximum Gasteiger partial charge on any atom is 0.328 e. The predicted octanol–water partition coefficient (Wildman–Crippen LogP) is 3.57. The zero-order valence-electron chi connectivity index (χ0n) is 20.9. The van der Waals surface area contributed by atoms with Crippen LogP contribution in [-0.2, 0) is 22.4 Å². The zero-order valence-corrected chi connectivity index (χ0v) is 20.9. The Labute approximate surface area is 211 Å². The van der Waals surface area contributed by atoms with Crippen LogP contribution in [0.5, 0.6) is 0 Å². The molecule has 0 radical (unpaired) electrons. The number of piperazine rings is 1. The van der Waals surface area contributed by atoms with Gasteiger partial charge in [-0.1, -0.05) is 25.0 Å². The number of rotatable bonds is 4. The Balaban J connectivity index is 0.000000442. The van der Waals surface area contributed by atoms with E-state index in [-0.39, 0.29) is 11.3 Å². The minimum absolute atomic E-state index is 0. The van der Waals surface area contributed by atoms with E-state index in [2.05, 4.69) is 29.8 Å². The van der Waals surface area contributed by atoms with E-state index in [0.717, 1.165) is 43.9 Å². The first-order chi connectivity index (χ1) is 16.7. The summed E-state index contributed by atoms with van der Waals surface area (Å²) in [5.41, 5.74) is 5.01. The predicted molar refractivity (Wildman–Crippen MR) is 138 cm³/mol. The molecule has 4 N–H and O–H groups in total. The topological polar surface area (TPSA) is 125 Å². The SMILES string of the molecule is CC1CN(c2cc(-c3ccc(F)cc3)c3c(n2)CCCCCC3)CCN1C.O.O=C(O)/C=C/C(=O)O. The molecule has 1 aromatic carbocycles. The molecule has 0 saturated carbocycles. The van der Waals surface area contributed by atoms with Crippen LogP contribution in [0.15, 0.2) is 42.5 Å². The molecule has 36 heavy (non-hydrogen) atoms. The Hall–Kier alpha value is -3.30. The van der Waals surface area contributed by atoms with Gasteiger partial charge in [0.2, 0.25) is 0 Å². The summed E-state index contributed by atoms with van der Waals surface area (Å²) in [6.07, 6.45) is 8.27. The quantitative estimate of drug-likeness (QED) is 0.614. The van der Waals surface area contributed by atoms with Gasteiger partial charge in [-0.25, -0.2) is 19.0 Å². The van der Waals surface area contributed by atoms with Crippen molar-refractivity contribution in [2.75, 3.05) is 31.6 Å². The number of aryl methyl sites for hydroxylation is 1. The van der Waals surface area contributed by atoms with Gasteiger partial charge >= 0.3 is 11.9 Å². The van der Waals surface area contributed by atoms with Crippen LogP contribution in [-0.4, -0.2) is 70.2 Å². The highest BCUT2D eigenvalue weighted by Crippen LogP contribution is 2.33.